The topological polar surface area (TPSA) is 70.3 Å². The summed E-state index contributed by atoms with van der Waals surface area (Å²) >= 11 is 0. The van der Waals surface area contributed by atoms with E-state index in [2.05, 4.69) is 41.0 Å². The molecule has 2 aliphatic heterocycles. The lowest BCUT2D eigenvalue weighted by Crippen LogP contribution is -2.55. The average molecular weight is 290 g/mol. The Morgan fingerprint density at radius 1 is 1.33 bits per heavy atom. The standard InChI is InChI=1S/C15H26N6/c1-4-13-17-14(19-16)11(3)15(18-13)21-9-12-6-5-7-20(12)8-10(21)2/h10,12H,4-9,16H2,1-3H3,(H,17,18,19). The van der Waals surface area contributed by atoms with Gasteiger partial charge in [0.25, 0.3) is 0 Å². The molecule has 0 amide bonds. The molecule has 2 aliphatic rings. The van der Waals surface area contributed by atoms with Crippen LogP contribution < -0.4 is 16.2 Å². The number of fused-ring (bicyclic) bond motifs is 1. The summed E-state index contributed by atoms with van der Waals surface area (Å²) in [6, 6.07) is 1.15. The van der Waals surface area contributed by atoms with Crippen LogP contribution in [0.2, 0.25) is 0 Å². The smallest absolute Gasteiger partial charge is 0.148 e. The molecule has 1 aromatic rings. The number of hydrogen-bond acceptors (Lipinski definition) is 6. The van der Waals surface area contributed by atoms with E-state index in [1.54, 1.807) is 0 Å². The predicted octanol–water partition coefficient (Wildman–Crippen LogP) is 1.31. The molecule has 2 atom stereocenters. The van der Waals surface area contributed by atoms with E-state index in [0.717, 1.165) is 42.5 Å². The monoisotopic (exact) mass is 290 g/mol. The molecule has 0 spiro atoms. The van der Waals surface area contributed by atoms with Gasteiger partial charge >= 0.3 is 0 Å². The molecule has 6 nitrogen and oxygen atoms in total. The van der Waals surface area contributed by atoms with Gasteiger partial charge in [-0.1, -0.05) is 6.92 Å². The zero-order valence-electron chi connectivity index (χ0n) is 13.3. The molecular weight excluding hydrogens is 264 g/mol. The maximum absolute atomic E-state index is 5.63. The molecule has 116 valence electrons. The predicted molar refractivity (Wildman–Crippen MR) is 85.4 cm³/mol. The maximum atomic E-state index is 5.63. The highest BCUT2D eigenvalue weighted by molar-refractivity contribution is 5.59. The minimum absolute atomic E-state index is 0.475. The minimum Gasteiger partial charge on any atom is -0.351 e. The van der Waals surface area contributed by atoms with Crippen molar-refractivity contribution >= 4 is 11.6 Å². The first kappa shape index (κ1) is 14.5. The van der Waals surface area contributed by atoms with E-state index in [4.69, 9.17) is 10.8 Å². The fourth-order valence-corrected chi connectivity index (χ4v) is 3.61. The van der Waals surface area contributed by atoms with Crippen molar-refractivity contribution in [3.63, 3.8) is 0 Å². The summed E-state index contributed by atoms with van der Waals surface area (Å²) in [5.74, 6) is 8.28. The van der Waals surface area contributed by atoms with E-state index in [9.17, 15) is 0 Å². The van der Waals surface area contributed by atoms with Gasteiger partial charge in [0.05, 0.1) is 0 Å². The van der Waals surface area contributed by atoms with Crippen molar-refractivity contribution in [2.75, 3.05) is 30.0 Å². The second-order valence-corrected chi connectivity index (χ2v) is 6.23. The molecule has 1 aromatic heterocycles. The quantitative estimate of drug-likeness (QED) is 0.646. The number of hydrazine groups is 1. The fourth-order valence-electron chi connectivity index (χ4n) is 3.61. The van der Waals surface area contributed by atoms with Crippen LogP contribution in [-0.2, 0) is 6.42 Å². The van der Waals surface area contributed by atoms with Gasteiger partial charge in [0.1, 0.15) is 17.5 Å². The number of aromatic nitrogens is 2. The van der Waals surface area contributed by atoms with Crippen molar-refractivity contribution in [2.45, 2.75) is 52.1 Å². The number of rotatable bonds is 3. The lowest BCUT2D eigenvalue weighted by molar-refractivity contribution is 0.202. The number of nitrogens with one attached hydrogen (secondary N) is 1. The molecule has 0 radical (unpaired) electrons. The molecular formula is C15H26N6. The Kier molecular flexibility index (Phi) is 3.99. The molecule has 0 aliphatic carbocycles. The van der Waals surface area contributed by atoms with Gasteiger partial charge in [-0.2, -0.15) is 0 Å². The average Bonchev–Trinajstić information content (AvgIpc) is 2.94. The van der Waals surface area contributed by atoms with E-state index in [1.165, 1.54) is 19.4 Å². The van der Waals surface area contributed by atoms with Crippen molar-refractivity contribution in [3.05, 3.63) is 11.4 Å². The van der Waals surface area contributed by atoms with Gasteiger partial charge < -0.3 is 10.3 Å². The van der Waals surface area contributed by atoms with Crippen LogP contribution in [-0.4, -0.2) is 46.6 Å². The van der Waals surface area contributed by atoms with Gasteiger partial charge in [-0.05, 0) is 33.2 Å². The summed E-state index contributed by atoms with van der Waals surface area (Å²) in [7, 11) is 0. The number of hydrogen-bond donors (Lipinski definition) is 2. The molecule has 3 heterocycles. The van der Waals surface area contributed by atoms with E-state index >= 15 is 0 Å². The van der Waals surface area contributed by atoms with Crippen molar-refractivity contribution < 1.29 is 0 Å². The first-order chi connectivity index (χ1) is 10.1. The third kappa shape index (κ3) is 2.58. The molecule has 3 N–H and O–H groups in total. The van der Waals surface area contributed by atoms with Crippen LogP contribution >= 0.6 is 0 Å². The number of anilines is 2. The maximum Gasteiger partial charge on any atom is 0.148 e. The van der Waals surface area contributed by atoms with Gasteiger partial charge in [-0.3, -0.25) is 4.90 Å². The van der Waals surface area contributed by atoms with Crippen LogP contribution in [0.5, 0.6) is 0 Å². The number of nitrogen functional groups attached to an aromatic ring is 1. The summed E-state index contributed by atoms with van der Waals surface area (Å²) in [4.78, 5) is 14.3. The Morgan fingerprint density at radius 3 is 2.86 bits per heavy atom. The van der Waals surface area contributed by atoms with Crippen LogP contribution in [0.15, 0.2) is 0 Å². The third-order valence-electron chi connectivity index (χ3n) is 4.83. The molecule has 2 saturated heterocycles. The summed E-state index contributed by atoms with van der Waals surface area (Å²) in [5, 5.41) is 0. The normalized spacial score (nSPS) is 26.0. The van der Waals surface area contributed by atoms with E-state index < -0.39 is 0 Å². The van der Waals surface area contributed by atoms with Crippen molar-refractivity contribution in [1.82, 2.24) is 14.9 Å². The lowest BCUT2D eigenvalue weighted by Gasteiger charge is -2.43. The lowest BCUT2D eigenvalue weighted by atomic mass is 10.1. The highest BCUT2D eigenvalue weighted by Crippen LogP contribution is 2.31. The molecule has 6 heteroatoms. The summed E-state index contributed by atoms with van der Waals surface area (Å²) in [6.45, 7) is 9.86. The molecule has 0 saturated carbocycles. The number of nitrogens with two attached hydrogens (primary N) is 1. The Hall–Kier alpha value is -1.40. The fraction of sp³-hybridized carbons (Fsp3) is 0.733. The highest BCUT2D eigenvalue weighted by Gasteiger charge is 2.35. The molecule has 2 fully saturated rings. The van der Waals surface area contributed by atoms with Gasteiger partial charge in [0.15, 0.2) is 0 Å². The molecule has 0 bridgehead atoms. The second kappa shape index (κ2) is 5.77. The summed E-state index contributed by atoms with van der Waals surface area (Å²) < 4.78 is 0. The number of nitrogens with zero attached hydrogens (tertiary/aromatic N) is 4. The zero-order chi connectivity index (χ0) is 15.0. The summed E-state index contributed by atoms with van der Waals surface area (Å²) in [5.41, 5.74) is 3.77. The first-order valence-electron chi connectivity index (χ1n) is 7.98. The Morgan fingerprint density at radius 2 is 2.14 bits per heavy atom. The highest BCUT2D eigenvalue weighted by atomic mass is 15.3. The second-order valence-electron chi connectivity index (χ2n) is 6.23. The Labute approximate surface area is 126 Å². The molecule has 0 aromatic carbocycles. The zero-order valence-corrected chi connectivity index (χ0v) is 13.3. The van der Waals surface area contributed by atoms with Gasteiger partial charge in [-0.25, -0.2) is 15.8 Å². The number of piperazine rings is 1. The van der Waals surface area contributed by atoms with Gasteiger partial charge in [0.2, 0.25) is 0 Å². The SMILES string of the molecule is CCc1nc(NN)c(C)c(N2CC3CCCN3CC2C)n1. The Balaban J connectivity index is 1.95. The van der Waals surface area contributed by atoms with Gasteiger partial charge in [0, 0.05) is 37.2 Å². The van der Waals surface area contributed by atoms with Crippen LogP contribution in [0.1, 0.15) is 38.1 Å². The van der Waals surface area contributed by atoms with Crippen molar-refractivity contribution in [3.8, 4) is 0 Å². The summed E-state index contributed by atoms with van der Waals surface area (Å²) in [6.07, 6.45) is 3.44. The van der Waals surface area contributed by atoms with E-state index in [-0.39, 0.29) is 0 Å². The van der Waals surface area contributed by atoms with E-state index in [0.29, 0.717) is 12.1 Å². The minimum atomic E-state index is 0.475. The van der Waals surface area contributed by atoms with Crippen molar-refractivity contribution in [2.24, 2.45) is 5.84 Å². The molecule has 21 heavy (non-hydrogen) atoms. The van der Waals surface area contributed by atoms with Gasteiger partial charge in [-0.15, -0.1) is 0 Å². The van der Waals surface area contributed by atoms with Crippen LogP contribution in [0.3, 0.4) is 0 Å². The Bertz CT molecular complexity index is 517. The number of aryl methyl sites for hydroxylation is 1. The van der Waals surface area contributed by atoms with Crippen LogP contribution in [0.25, 0.3) is 0 Å². The van der Waals surface area contributed by atoms with Crippen molar-refractivity contribution in [1.29, 1.82) is 0 Å². The molecule has 2 unspecified atom stereocenters. The van der Waals surface area contributed by atoms with Crippen LogP contribution in [0, 0.1) is 6.92 Å². The van der Waals surface area contributed by atoms with E-state index in [1.807, 2.05) is 0 Å². The largest absolute Gasteiger partial charge is 0.351 e. The molecule has 3 rings (SSSR count). The van der Waals surface area contributed by atoms with Crippen LogP contribution in [0.4, 0.5) is 11.6 Å². The third-order valence-corrected chi connectivity index (χ3v) is 4.83. The first-order valence-corrected chi connectivity index (χ1v) is 7.98.